The third-order valence-corrected chi connectivity index (χ3v) is 6.26. The van der Waals surface area contributed by atoms with Crippen molar-refractivity contribution in [3.05, 3.63) is 11.1 Å². The van der Waals surface area contributed by atoms with Crippen LogP contribution in [0.5, 0.6) is 0 Å². The first-order valence-corrected chi connectivity index (χ1v) is 9.00. The van der Waals surface area contributed by atoms with E-state index in [0.29, 0.717) is 17.4 Å². The van der Waals surface area contributed by atoms with Crippen LogP contribution in [-0.2, 0) is 20.0 Å². The normalized spacial score (nSPS) is 22.8. The molecular weight excluding hydrogens is 300 g/mol. The molecule has 1 aromatic heterocycles. The molecule has 1 unspecified atom stereocenters. The first kappa shape index (κ1) is 15.2. The van der Waals surface area contributed by atoms with Gasteiger partial charge < -0.3 is 10.0 Å². The molecule has 0 aliphatic carbocycles. The van der Waals surface area contributed by atoms with Crippen LogP contribution in [0.1, 0.15) is 26.5 Å². The third-order valence-electron chi connectivity index (χ3n) is 3.58. The number of anilines is 1. The Labute approximate surface area is 122 Å². The molecule has 1 fully saturated rings. The van der Waals surface area contributed by atoms with Gasteiger partial charge in [-0.2, -0.15) is 0 Å². The number of aliphatic carboxylic acids is 1. The highest BCUT2D eigenvalue weighted by Crippen LogP contribution is 2.31. The lowest BCUT2D eigenvalue weighted by Gasteiger charge is -2.32. The van der Waals surface area contributed by atoms with Crippen LogP contribution in [0.15, 0.2) is 5.38 Å². The van der Waals surface area contributed by atoms with E-state index in [2.05, 4.69) is 4.98 Å². The van der Waals surface area contributed by atoms with Gasteiger partial charge in [-0.3, -0.25) is 4.79 Å². The number of carbonyl (C=O) groups is 1. The van der Waals surface area contributed by atoms with Crippen molar-refractivity contribution < 1.29 is 18.3 Å². The SMILES string of the molecule is CC1CS(=O)(=O)CCN1c1nc(C(C)(C)C(=O)O)cs1. The Kier molecular flexibility index (Phi) is 3.81. The predicted octanol–water partition coefficient (Wildman–Crippen LogP) is 1.13. The average molecular weight is 318 g/mol. The first-order chi connectivity index (χ1) is 9.13. The van der Waals surface area contributed by atoms with Crippen LogP contribution in [0.25, 0.3) is 0 Å². The van der Waals surface area contributed by atoms with Gasteiger partial charge in [-0.1, -0.05) is 0 Å². The maximum atomic E-state index is 11.6. The maximum absolute atomic E-state index is 11.6. The van der Waals surface area contributed by atoms with Crippen LogP contribution >= 0.6 is 11.3 Å². The molecule has 1 saturated heterocycles. The molecule has 0 bridgehead atoms. The summed E-state index contributed by atoms with van der Waals surface area (Å²) in [5, 5.41) is 11.6. The number of carboxylic acids is 1. The molecule has 112 valence electrons. The molecule has 6 nitrogen and oxygen atoms in total. The van der Waals surface area contributed by atoms with E-state index in [1.807, 2.05) is 11.8 Å². The minimum atomic E-state index is -2.97. The van der Waals surface area contributed by atoms with Gasteiger partial charge in [-0.25, -0.2) is 13.4 Å². The van der Waals surface area contributed by atoms with Crippen LogP contribution in [0.2, 0.25) is 0 Å². The minimum Gasteiger partial charge on any atom is -0.481 e. The molecule has 1 N–H and O–H groups in total. The molecule has 0 radical (unpaired) electrons. The van der Waals surface area contributed by atoms with E-state index >= 15 is 0 Å². The fraction of sp³-hybridized carbons (Fsp3) is 0.667. The molecule has 20 heavy (non-hydrogen) atoms. The van der Waals surface area contributed by atoms with Gasteiger partial charge >= 0.3 is 5.97 Å². The molecule has 1 aliphatic rings. The second-order valence-corrected chi connectivity index (χ2v) is 8.67. The first-order valence-electron chi connectivity index (χ1n) is 6.30. The number of carboxylic acid groups (broad SMARTS) is 1. The zero-order valence-corrected chi connectivity index (χ0v) is 13.3. The van der Waals surface area contributed by atoms with Crippen molar-refractivity contribution in [3.63, 3.8) is 0 Å². The summed E-state index contributed by atoms with van der Waals surface area (Å²) < 4.78 is 23.1. The Bertz CT molecular complexity index is 621. The number of sulfone groups is 1. The van der Waals surface area contributed by atoms with Crippen LogP contribution in [0.4, 0.5) is 5.13 Å². The molecule has 1 aliphatic heterocycles. The number of hydrogen-bond acceptors (Lipinski definition) is 6. The number of aromatic nitrogens is 1. The van der Waals surface area contributed by atoms with Crippen molar-refractivity contribution in [1.82, 2.24) is 4.98 Å². The van der Waals surface area contributed by atoms with E-state index in [9.17, 15) is 18.3 Å². The highest BCUT2D eigenvalue weighted by atomic mass is 32.2. The van der Waals surface area contributed by atoms with E-state index in [1.165, 1.54) is 11.3 Å². The third kappa shape index (κ3) is 2.80. The summed E-state index contributed by atoms with van der Waals surface area (Å²) >= 11 is 1.36. The van der Waals surface area contributed by atoms with Crippen molar-refractivity contribution in [2.75, 3.05) is 23.0 Å². The van der Waals surface area contributed by atoms with Crippen LogP contribution in [-0.4, -0.2) is 48.6 Å². The summed E-state index contributed by atoms with van der Waals surface area (Å²) in [6.45, 7) is 5.47. The number of nitrogens with zero attached hydrogens (tertiary/aromatic N) is 2. The summed E-state index contributed by atoms with van der Waals surface area (Å²) in [5.74, 6) is -0.692. The van der Waals surface area contributed by atoms with Crippen LogP contribution < -0.4 is 4.90 Å². The lowest BCUT2D eigenvalue weighted by atomic mass is 9.90. The van der Waals surface area contributed by atoms with Gasteiger partial charge in [0.05, 0.1) is 17.2 Å². The van der Waals surface area contributed by atoms with Crippen LogP contribution in [0.3, 0.4) is 0 Å². The minimum absolute atomic E-state index is 0.115. The quantitative estimate of drug-likeness (QED) is 0.899. The monoisotopic (exact) mass is 318 g/mol. The van der Waals surface area contributed by atoms with E-state index in [4.69, 9.17) is 0 Å². The maximum Gasteiger partial charge on any atom is 0.315 e. The Morgan fingerprint density at radius 3 is 2.75 bits per heavy atom. The Hall–Kier alpha value is -1.15. The lowest BCUT2D eigenvalue weighted by Crippen LogP contribution is -2.47. The highest BCUT2D eigenvalue weighted by Gasteiger charge is 2.34. The van der Waals surface area contributed by atoms with E-state index in [-0.39, 0.29) is 17.5 Å². The summed E-state index contributed by atoms with van der Waals surface area (Å²) in [6.07, 6.45) is 0. The molecule has 2 rings (SSSR count). The second kappa shape index (κ2) is 5.00. The van der Waals surface area contributed by atoms with Crippen LogP contribution in [0, 0.1) is 0 Å². The fourth-order valence-electron chi connectivity index (χ4n) is 2.08. The van der Waals surface area contributed by atoms with E-state index in [1.54, 1.807) is 19.2 Å². The summed E-state index contributed by atoms with van der Waals surface area (Å²) in [7, 11) is -2.97. The van der Waals surface area contributed by atoms with E-state index in [0.717, 1.165) is 0 Å². The summed E-state index contributed by atoms with van der Waals surface area (Å²) in [6, 6.07) is -0.138. The molecule has 0 amide bonds. The molecular formula is C12H18N2O4S2. The molecule has 2 heterocycles. The molecule has 1 atom stereocenters. The Morgan fingerprint density at radius 2 is 2.20 bits per heavy atom. The van der Waals surface area contributed by atoms with Crippen molar-refractivity contribution >= 4 is 32.3 Å². The number of thiazole rings is 1. The fourth-order valence-corrected chi connectivity index (χ4v) is 4.75. The largest absolute Gasteiger partial charge is 0.481 e. The smallest absolute Gasteiger partial charge is 0.315 e. The van der Waals surface area contributed by atoms with Gasteiger partial charge in [-0.05, 0) is 20.8 Å². The van der Waals surface area contributed by atoms with Crippen molar-refractivity contribution in [1.29, 1.82) is 0 Å². The summed E-state index contributed by atoms with van der Waals surface area (Å²) in [5.41, 5.74) is -0.537. The topological polar surface area (TPSA) is 87.6 Å². The van der Waals surface area contributed by atoms with Gasteiger partial charge in [0.25, 0.3) is 0 Å². The van der Waals surface area contributed by atoms with Gasteiger partial charge in [-0.15, -0.1) is 11.3 Å². The second-order valence-electron chi connectivity index (χ2n) is 5.60. The number of rotatable bonds is 3. The zero-order valence-electron chi connectivity index (χ0n) is 11.7. The van der Waals surface area contributed by atoms with Gasteiger partial charge in [0.15, 0.2) is 15.0 Å². The van der Waals surface area contributed by atoms with Crippen molar-refractivity contribution in [2.45, 2.75) is 32.2 Å². The van der Waals surface area contributed by atoms with Gasteiger partial charge in [0.2, 0.25) is 0 Å². The average Bonchev–Trinajstić information content (AvgIpc) is 2.77. The van der Waals surface area contributed by atoms with Gasteiger partial charge in [0, 0.05) is 18.0 Å². The van der Waals surface area contributed by atoms with Gasteiger partial charge in [0.1, 0.15) is 5.41 Å². The van der Waals surface area contributed by atoms with E-state index < -0.39 is 21.2 Å². The molecule has 0 saturated carbocycles. The van der Waals surface area contributed by atoms with Crippen molar-refractivity contribution in [3.8, 4) is 0 Å². The lowest BCUT2D eigenvalue weighted by molar-refractivity contribution is -0.142. The Morgan fingerprint density at radius 1 is 1.55 bits per heavy atom. The molecule has 1 aromatic rings. The predicted molar refractivity (Wildman–Crippen MR) is 78.2 cm³/mol. The zero-order chi connectivity index (χ0) is 15.1. The molecule has 8 heteroatoms. The van der Waals surface area contributed by atoms with Crippen molar-refractivity contribution in [2.24, 2.45) is 0 Å². The highest BCUT2D eigenvalue weighted by molar-refractivity contribution is 7.91. The Balaban J connectivity index is 2.24. The molecule has 0 spiro atoms. The number of hydrogen-bond donors (Lipinski definition) is 1. The molecule has 0 aromatic carbocycles. The summed E-state index contributed by atoms with van der Waals surface area (Å²) in [4.78, 5) is 17.6. The standard InChI is InChI=1S/C12H18N2O4S2/c1-8-7-20(17,18)5-4-14(8)11-13-9(6-19-11)12(2,3)10(15)16/h6,8H,4-5,7H2,1-3H3,(H,15,16).